The summed E-state index contributed by atoms with van der Waals surface area (Å²) in [6, 6.07) is 14.6. The van der Waals surface area contributed by atoms with Crippen LogP contribution >= 0.6 is 0 Å². The van der Waals surface area contributed by atoms with Gasteiger partial charge in [0.05, 0.1) is 14.2 Å². The van der Waals surface area contributed by atoms with Crippen LogP contribution < -0.4 is 0 Å². The number of carbonyl (C=O) groups is 2. The molecule has 0 atom stereocenters. The predicted molar refractivity (Wildman–Crippen MR) is 93.1 cm³/mol. The SMILES string of the molecule is COC(=O)C1(C(=O)OC)C(C#Cc2ccccc2)=C1c1ccc(F)cc1. The van der Waals surface area contributed by atoms with Crippen LogP contribution in [0.3, 0.4) is 0 Å². The van der Waals surface area contributed by atoms with Gasteiger partial charge >= 0.3 is 11.9 Å². The highest BCUT2D eigenvalue weighted by Crippen LogP contribution is 2.59. The molecule has 0 aromatic heterocycles. The number of rotatable bonds is 3. The maximum atomic E-state index is 13.3. The van der Waals surface area contributed by atoms with E-state index in [4.69, 9.17) is 9.47 Å². The first-order chi connectivity index (χ1) is 12.6. The molecule has 0 bridgehead atoms. The van der Waals surface area contributed by atoms with Crippen molar-refractivity contribution in [3.05, 3.63) is 77.1 Å². The number of hydrogen-bond donors (Lipinski definition) is 0. The first-order valence-electron chi connectivity index (χ1n) is 7.80. The van der Waals surface area contributed by atoms with E-state index >= 15 is 0 Å². The molecule has 0 saturated heterocycles. The van der Waals surface area contributed by atoms with E-state index in [1.807, 2.05) is 30.3 Å². The Bertz CT molecular complexity index is 931. The minimum absolute atomic E-state index is 0.298. The lowest BCUT2D eigenvalue weighted by Crippen LogP contribution is -2.32. The van der Waals surface area contributed by atoms with Crippen LogP contribution in [-0.4, -0.2) is 26.2 Å². The standard InChI is InChI=1S/C21H15FO4/c1-25-19(23)21(20(24)26-2)17(13-8-14-6-4-3-5-7-14)18(21)15-9-11-16(22)12-10-15/h3-7,9-12H,1-2H3. The highest BCUT2D eigenvalue weighted by Gasteiger charge is 2.67. The van der Waals surface area contributed by atoms with Gasteiger partial charge in [-0.2, -0.15) is 0 Å². The molecule has 130 valence electrons. The molecule has 4 nitrogen and oxygen atoms in total. The third kappa shape index (κ3) is 2.76. The lowest BCUT2D eigenvalue weighted by Gasteiger charge is -2.14. The van der Waals surface area contributed by atoms with E-state index in [2.05, 4.69) is 11.8 Å². The Kier molecular flexibility index (Phi) is 4.59. The maximum absolute atomic E-state index is 13.3. The summed E-state index contributed by atoms with van der Waals surface area (Å²) in [4.78, 5) is 24.9. The van der Waals surface area contributed by atoms with Crippen LogP contribution in [0.2, 0.25) is 0 Å². The van der Waals surface area contributed by atoms with Crippen LogP contribution in [0.4, 0.5) is 4.39 Å². The van der Waals surface area contributed by atoms with Crippen LogP contribution in [0.25, 0.3) is 5.57 Å². The molecular weight excluding hydrogens is 335 g/mol. The fourth-order valence-corrected chi connectivity index (χ4v) is 2.87. The zero-order valence-corrected chi connectivity index (χ0v) is 14.2. The number of hydrogen-bond acceptors (Lipinski definition) is 4. The molecule has 0 N–H and O–H groups in total. The van der Waals surface area contributed by atoms with Crippen molar-refractivity contribution in [1.29, 1.82) is 0 Å². The number of carbonyl (C=O) groups excluding carboxylic acids is 2. The van der Waals surface area contributed by atoms with Crippen LogP contribution in [0.15, 0.2) is 60.2 Å². The monoisotopic (exact) mass is 350 g/mol. The van der Waals surface area contributed by atoms with Gasteiger partial charge in [0.25, 0.3) is 0 Å². The van der Waals surface area contributed by atoms with E-state index in [0.29, 0.717) is 16.7 Å². The number of methoxy groups -OCH3 is 2. The summed E-state index contributed by atoms with van der Waals surface area (Å²) in [6.45, 7) is 0. The summed E-state index contributed by atoms with van der Waals surface area (Å²) in [5.41, 5.74) is 0.211. The summed E-state index contributed by atoms with van der Waals surface area (Å²) >= 11 is 0. The molecule has 2 aromatic rings. The van der Waals surface area contributed by atoms with Crippen molar-refractivity contribution in [2.75, 3.05) is 14.2 Å². The Morgan fingerprint density at radius 3 is 2.00 bits per heavy atom. The van der Waals surface area contributed by atoms with Crippen molar-refractivity contribution in [2.24, 2.45) is 5.41 Å². The summed E-state index contributed by atoms with van der Waals surface area (Å²) in [6.07, 6.45) is 0. The highest BCUT2D eigenvalue weighted by atomic mass is 19.1. The molecule has 26 heavy (non-hydrogen) atoms. The van der Waals surface area contributed by atoms with Crippen molar-refractivity contribution in [2.45, 2.75) is 0 Å². The van der Waals surface area contributed by atoms with E-state index < -0.39 is 23.2 Å². The topological polar surface area (TPSA) is 52.6 Å². The van der Waals surface area contributed by atoms with Gasteiger partial charge in [0.15, 0.2) is 0 Å². The Labute approximate surface area is 150 Å². The lowest BCUT2D eigenvalue weighted by molar-refractivity contribution is -0.159. The molecule has 0 fully saturated rings. The molecule has 3 rings (SSSR count). The molecule has 0 radical (unpaired) electrons. The maximum Gasteiger partial charge on any atom is 0.333 e. The molecule has 0 aliphatic heterocycles. The van der Waals surface area contributed by atoms with Crippen LogP contribution in [0.1, 0.15) is 11.1 Å². The second-order valence-corrected chi connectivity index (χ2v) is 5.61. The summed E-state index contributed by atoms with van der Waals surface area (Å²) < 4.78 is 22.9. The van der Waals surface area contributed by atoms with Crippen molar-refractivity contribution >= 4 is 17.5 Å². The molecule has 0 unspecified atom stereocenters. The smallest absolute Gasteiger partial charge is 0.333 e. The third-order valence-electron chi connectivity index (χ3n) is 4.16. The van der Waals surface area contributed by atoms with Gasteiger partial charge in [-0.05, 0) is 29.8 Å². The van der Waals surface area contributed by atoms with Gasteiger partial charge in [-0.1, -0.05) is 42.2 Å². The average Bonchev–Trinajstić information content (AvgIpc) is 3.36. The van der Waals surface area contributed by atoms with Gasteiger partial charge < -0.3 is 9.47 Å². The van der Waals surface area contributed by atoms with Gasteiger partial charge in [-0.25, -0.2) is 4.39 Å². The molecule has 0 spiro atoms. The van der Waals surface area contributed by atoms with Gasteiger partial charge in [0.1, 0.15) is 5.82 Å². The van der Waals surface area contributed by atoms with Crippen LogP contribution in [0, 0.1) is 23.1 Å². The van der Waals surface area contributed by atoms with Gasteiger partial charge in [0.2, 0.25) is 5.41 Å². The zero-order chi connectivity index (χ0) is 18.7. The summed E-state index contributed by atoms with van der Waals surface area (Å²) in [7, 11) is 2.38. The summed E-state index contributed by atoms with van der Waals surface area (Å²) in [5.74, 6) is 3.85. The normalized spacial score (nSPS) is 14.1. The Balaban J connectivity index is 2.12. The van der Waals surface area contributed by atoms with Crippen molar-refractivity contribution in [1.82, 2.24) is 0 Å². The van der Waals surface area contributed by atoms with E-state index in [1.54, 1.807) is 0 Å². The minimum Gasteiger partial charge on any atom is -0.468 e. The van der Waals surface area contributed by atoms with Crippen molar-refractivity contribution < 1.29 is 23.5 Å². The molecule has 1 aliphatic carbocycles. The largest absolute Gasteiger partial charge is 0.468 e. The second kappa shape index (κ2) is 6.85. The number of halogens is 1. The molecule has 2 aromatic carbocycles. The molecular formula is C21H15FO4. The van der Waals surface area contributed by atoms with E-state index in [-0.39, 0.29) is 0 Å². The third-order valence-corrected chi connectivity index (χ3v) is 4.16. The fraction of sp³-hybridized carbons (Fsp3) is 0.143. The number of benzene rings is 2. The van der Waals surface area contributed by atoms with Crippen molar-refractivity contribution in [3.63, 3.8) is 0 Å². The van der Waals surface area contributed by atoms with Gasteiger partial charge in [-0.15, -0.1) is 0 Å². The predicted octanol–water partition coefficient (Wildman–Crippen LogP) is 2.98. The molecule has 5 heteroatoms. The Morgan fingerprint density at radius 1 is 0.885 bits per heavy atom. The second-order valence-electron chi connectivity index (χ2n) is 5.61. The first kappa shape index (κ1) is 17.4. The van der Waals surface area contributed by atoms with Gasteiger partial charge in [0, 0.05) is 16.7 Å². The van der Waals surface area contributed by atoms with E-state index in [1.165, 1.54) is 38.5 Å². The first-order valence-corrected chi connectivity index (χ1v) is 7.80. The van der Waals surface area contributed by atoms with Crippen molar-refractivity contribution in [3.8, 4) is 11.8 Å². The summed E-state index contributed by atoms with van der Waals surface area (Å²) in [5, 5.41) is 0. The minimum atomic E-state index is -1.71. The molecule has 0 amide bonds. The lowest BCUT2D eigenvalue weighted by atomic mass is 9.94. The highest BCUT2D eigenvalue weighted by molar-refractivity contribution is 6.27. The van der Waals surface area contributed by atoms with E-state index in [9.17, 15) is 14.0 Å². The zero-order valence-electron chi connectivity index (χ0n) is 14.2. The Hall–Kier alpha value is -3.39. The van der Waals surface area contributed by atoms with Gasteiger partial charge in [-0.3, -0.25) is 9.59 Å². The average molecular weight is 350 g/mol. The quantitative estimate of drug-likeness (QED) is 0.485. The Morgan fingerprint density at radius 2 is 1.46 bits per heavy atom. The van der Waals surface area contributed by atoms with Crippen LogP contribution in [0.5, 0.6) is 0 Å². The molecule has 0 saturated carbocycles. The number of ether oxygens (including phenoxy) is 2. The molecule has 0 heterocycles. The van der Waals surface area contributed by atoms with Crippen LogP contribution in [-0.2, 0) is 19.1 Å². The van der Waals surface area contributed by atoms with E-state index in [0.717, 1.165) is 5.56 Å². The fourth-order valence-electron chi connectivity index (χ4n) is 2.87. The molecule has 1 aliphatic rings. The number of esters is 2.